The van der Waals surface area contributed by atoms with E-state index in [1.165, 1.54) is 96.3 Å². The maximum Gasteiger partial charge on any atom is 0.177 e. The summed E-state index contributed by atoms with van der Waals surface area (Å²) in [5.41, 5.74) is 0.681. The van der Waals surface area contributed by atoms with Gasteiger partial charge in [0.15, 0.2) is 5.78 Å². The molecule has 1 aromatic carbocycles. The number of Topliss-reactive ketones (excluding diaryl/α,β-unsaturated/α-hetero) is 1. The Morgan fingerprint density at radius 1 is 0.724 bits per heavy atom. The number of carbonyl (C=O) groups is 1. The molecule has 0 aliphatic heterocycles. The van der Waals surface area contributed by atoms with Crippen molar-refractivity contribution in [2.45, 2.75) is 110 Å². The Morgan fingerprint density at radius 2 is 1.17 bits per heavy atom. The Hall–Kier alpha value is -0.830. The third-order valence-electron chi connectivity index (χ3n) is 5.56. The number of halogens is 1. The Kier molecular flexibility index (Phi) is 17.3. The number of benzene rings is 1. The minimum Gasteiger partial charge on any atom is -0.493 e. The van der Waals surface area contributed by atoms with Crippen molar-refractivity contribution >= 4 is 21.7 Å². The zero-order chi connectivity index (χ0) is 21.0. The van der Waals surface area contributed by atoms with Gasteiger partial charge in [-0.25, -0.2) is 0 Å². The third kappa shape index (κ3) is 13.9. The van der Waals surface area contributed by atoms with E-state index in [1.807, 2.05) is 24.3 Å². The van der Waals surface area contributed by atoms with Crippen molar-refractivity contribution in [3.8, 4) is 5.75 Å². The van der Waals surface area contributed by atoms with Gasteiger partial charge in [0, 0.05) is 0 Å². The Labute approximate surface area is 188 Å². The molecular weight excluding hydrogens is 424 g/mol. The molecule has 166 valence electrons. The van der Waals surface area contributed by atoms with Gasteiger partial charge in [-0.05, 0) is 18.6 Å². The smallest absolute Gasteiger partial charge is 0.177 e. The Morgan fingerprint density at radius 3 is 1.66 bits per heavy atom. The van der Waals surface area contributed by atoms with E-state index in [9.17, 15) is 4.79 Å². The number of ketones is 1. The number of ether oxygens (including phenoxy) is 1. The molecule has 0 saturated heterocycles. The fraction of sp³-hybridized carbons (Fsp3) is 0.731. The lowest BCUT2D eigenvalue weighted by Gasteiger charge is -2.10. The van der Waals surface area contributed by atoms with Crippen LogP contribution in [0.15, 0.2) is 24.3 Å². The third-order valence-corrected chi connectivity index (χ3v) is 6.07. The average molecular weight is 468 g/mol. The van der Waals surface area contributed by atoms with Crippen LogP contribution in [0.4, 0.5) is 0 Å². The highest BCUT2D eigenvalue weighted by Crippen LogP contribution is 2.20. The van der Waals surface area contributed by atoms with Gasteiger partial charge in [-0.2, -0.15) is 0 Å². The summed E-state index contributed by atoms with van der Waals surface area (Å²) in [7, 11) is 0. The molecule has 0 unspecified atom stereocenters. The quantitative estimate of drug-likeness (QED) is 0.109. The summed E-state index contributed by atoms with van der Waals surface area (Å²) < 4.78 is 5.84. The van der Waals surface area contributed by atoms with E-state index in [0.717, 1.165) is 12.2 Å². The van der Waals surface area contributed by atoms with Gasteiger partial charge in [-0.3, -0.25) is 4.79 Å². The van der Waals surface area contributed by atoms with Gasteiger partial charge in [-0.1, -0.05) is 131 Å². The number of para-hydroxylation sites is 1. The molecule has 0 radical (unpaired) electrons. The summed E-state index contributed by atoms with van der Waals surface area (Å²) in [6.07, 6.45) is 21.9. The van der Waals surface area contributed by atoms with Crippen LogP contribution >= 0.6 is 15.9 Å². The summed E-state index contributed by atoms with van der Waals surface area (Å²) in [5.74, 6) is 0.797. The van der Waals surface area contributed by atoms with E-state index in [2.05, 4.69) is 22.9 Å². The van der Waals surface area contributed by atoms with E-state index in [4.69, 9.17) is 4.74 Å². The molecule has 0 atom stereocenters. The largest absolute Gasteiger partial charge is 0.493 e. The molecule has 0 spiro atoms. The Balaban J connectivity index is 1.87. The number of alkyl halides is 1. The van der Waals surface area contributed by atoms with Crippen molar-refractivity contribution in [1.82, 2.24) is 0 Å². The lowest BCUT2D eigenvalue weighted by molar-refractivity contribution is 0.101. The number of hydrogen-bond acceptors (Lipinski definition) is 2. The van der Waals surface area contributed by atoms with Gasteiger partial charge in [0.2, 0.25) is 0 Å². The zero-order valence-corrected chi connectivity index (χ0v) is 20.3. The molecule has 1 aromatic rings. The van der Waals surface area contributed by atoms with Crippen molar-refractivity contribution in [1.29, 1.82) is 0 Å². The summed E-state index contributed by atoms with van der Waals surface area (Å²) in [4.78, 5) is 11.9. The van der Waals surface area contributed by atoms with Crippen LogP contribution in [0.25, 0.3) is 0 Å². The molecule has 0 aliphatic carbocycles. The van der Waals surface area contributed by atoms with Crippen molar-refractivity contribution < 1.29 is 9.53 Å². The molecule has 0 aromatic heterocycles. The maximum absolute atomic E-state index is 11.9. The van der Waals surface area contributed by atoms with Crippen LogP contribution in [-0.4, -0.2) is 17.7 Å². The molecule has 0 aliphatic rings. The number of carbonyl (C=O) groups excluding carboxylic acids is 1. The van der Waals surface area contributed by atoms with E-state index in [-0.39, 0.29) is 5.78 Å². The number of rotatable bonds is 20. The van der Waals surface area contributed by atoms with Gasteiger partial charge >= 0.3 is 0 Å². The second-order valence-electron chi connectivity index (χ2n) is 8.20. The topological polar surface area (TPSA) is 26.3 Å². The highest BCUT2D eigenvalue weighted by molar-refractivity contribution is 9.09. The van der Waals surface area contributed by atoms with E-state index in [0.29, 0.717) is 17.5 Å². The lowest BCUT2D eigenvalue weighted by Crippen LogP contribution is -2.05. The molecule has 2 nitrogen and oxygen atoms in total. The van der Waals surface area contributed by atoms with Crippen LogP contribution < -0.4 is 4.74 Å². The van der Waals surface area contributed by atoms with Crippen molar-refractivity contribution in [3.05, 3.63) is 29.8 Å². The molecular formula is C26H43BrO2. The van der Waals surface area contributed by atoms with Crippen LogP contribution in [0, 0.1) is 0 Å². The highest BCUT2D eigenvalue weighted by atomic mass is 79.9. The standard InChI is InChI=1S/C26H43BrO2/c1-2-3-4-5-6-7-8-9-10-11-12-13-14-15-16-19-22-29-26-21-18-17-20-24(26)25(28)23-27/h17-18,20-21H,2-16,19,22-23H2,1H3. The molecule has 0 heterocycles. The highest BCUT2D eigenvalue weighted by Gasteiger charge is 2.10. The second kappa shape index (κ2) is 19.2. The van der Waals surface area contributed by atoms with Gasteiger partial charge in [-0.15, -0.1) is 0 Å². The summed E-state index contributed by atoms with van der Waals surface area (Å²) in [6.45, 7) is 2.98. The molecule has 3 heteroatoms. The molecule has 0 N–H and O–H groups in total. The molecule has 0 bridgehead atoms. The summed E-state index contributed by atoms with van der Waals surface area (Å²) in [5, 5.41) is 0.340. The van der Waals surface area contributed by atoms with E-state index in [1.54, 1.807) is 0 Å². The van der Waals surface area contributed by atoms with Crippen LogP contribution in [0.5, 0.6) is 5.75 Å². The van der Waals surface area contributed by atoms with E-state index >= 15 is 0 Å². The number of unbranched alkanes of at least 4 members (excludes halogenated alkanes) is 15. The molecule has 0 amide bonds. The normalized spacial score (nSPS) is 11.0. The maximum atomic E-state index is 11.9. The number of hydrogen-bond donors (Lipinski definition) is 0. The first-order chi connectivity index (χ1) is 14.3. The first kappa shape index (κ1) is 26.2. The fourth-order valence-electron chi connectivity index (χ4n) is 3.73. The Bertz CT molecular complexity index is 515. The molecule has 0 saturated carbocycles. The van der Waals surface area contributed by atoms with Crippen molar-refractivity contribution in [2.75, 3.05) is 11.9 Å². The van der Waals surface area contributed by atoms with Crippen LogP contribution in [-0.2, 0) is 0 Å². The molecule has 0 fully saturated rings. The first-order valence-electron chi connectivity index (χ1n) is 12.1. The SMILES string of the molecule is CCCCCCCCCCCCCCCCCCOc1ccccc1C(=O)CBr. The molecule has 1 rings (SSSR count). The average Bonchev–Trinajstić information content (AvgIpc) is 2.75. The van der Waals surface area contributed by atoms with Gasteiger partial charge in [0.05, 0.1) is 17.5 Å². The van der Waals surface area contributed by atoms with Gasteiger partial charge < -0.3 is 4.74 Å². The molecule has 29 heavy (non-hydrogen) atoms. The second-order valence-corrected chi connectivity index (χ2v) is 8.77. The monoisotopic (exact) mass is 466 g/mol. The van der Waals surface area contributed by atoms with Crippen LogP contribution in [0.1, 0.15) is 120 Å². The van der Waals surface area contributed by atoms with Gasteiger partial charge in [0.1, 0.15) is 5.75 Å². The summed E-state index contributed by atoms with van der Waals surface area (Å²) in [6, 6.07) is 7.54. The zero-order valence-electron chi connectivity index (χ0n) is 18.7. The lowest BCUT2D eigenvalue weighted by atomic mass is 10.0. The minimum atomic E-state index is 0.0765. The predicted octanol–water partition coefficient (Wildman–Crippen LogP) is 8.90. The van der Waals surface area contributed by atoms with Gasteiger partial charge in [0.25, 0.3) is 0 Å². The van der Waals surface area contributed by atoms with E-state index < -0.39 is 0 Å². The summed E-state index contributed by atoms with van der Waals surface area (Å²) >= 11 is 3.23. The minimum absolute atomic E-state index is 0.0765. The predicted molar refractivity (Wildman–Crippen MR) is 130 cm³/mol. The van der Waals surface area contributed by atoms with Crippen molar-refractivity contribution in [3.63, 3.8) is 0 Å². The fourth-order valence-corrected chi connectivity index (χ4v) is 4.03. The van der Waals surface area contributed by atoms with Crippen molar-refractivity contribution in [2.24, 2.45) is 0 Å². The first-order valence-corrected chi connectivity index (χ1v) is 13.2. The van der Waals surface area contributed by atoms with Crippen LogP contribution in [0.3, 0.4) is 0 Å². The van der Waals surface area contributed by atoms with Crippen LogP contribution in [0.2, 0.25) is 0 Å².